The molecule has 0 aromatic carbocycles. The maximum absolute atomic E-state index is 12.2. The smallest absolute Gasteiger partial charge is 0.270 e. The fourth-order valence-corrected chi connectivity index (χ4v) is 3.03. The van der Waals surface area contributed by atoms with Crippen LogP contribution in [0, 0.1) is 0 Å². The summed E-state index contributed by atoms with van der Waals surface area (Å²) in [5.41, 5.74) is 0.547. The van der Waals surface area contributed by atoms with E-state index in [1.165, 1.54) is 17.9 Å². The van der Waals surface area contributed by atoms with E-state index in [4.69, 9.17) is 5.14 Å². The number of rotatable bonds is 4. The number of hydrogen-bond acceptors (Lipinski definition) is 7. The molecule has 3 N–H and O–H groups in total. The third-order valence-electron chi connectivity index (χ3n) is 2.60. The van der Waals surface area contributed by atoms with E-state index in [0.29, 0.717) is 10.6 Å². The molecular weight excluding hydrogens is 316 g/mol. The third-order valence-corrected chi connectivity index (χ3v) is 4.25. The van der Waals surface area contributed by atoms with Crippen molar-refractivity contribution in [3.63, 3.8) is 0 Å². The molecule has 0 fully saturated rings. The molecule has 11 heteroatoms. The van der Waals surface area contributed by atoms with E-state index in [2.05, 4.69) is 20.0 Å². The molecule has 0 saturated carbocycles. The molecule has 0 aliphatic heterocycles. The van der Waals surface area contributed by atoms with Gasteiger partial charge in [0.2, 0.25) is 10.0 Å². The average molecular weight is 330 g/mol. The Morgan fingerprint density at radius 3 is 2.71 bits per heavy atom. The standard InChI is InChI=1S/C10H14N6O3S2/c1-5(2)7-8(20-15-13-7)10(17)12-9-6(21(11,18)19)4-16(3)14-9/h4-5H,1-3H3,(H2,11,18,19)(H,12,14,17). The second-order valence-electron chi connectivity index (χ2n) is 4.66. The molecule has 0 unspecified atom stereocenters. The fourth-order valence-electron chi connectivity index (χ4n) is 1.66. The van der Waals surface area contributed by atoms with Crippen LogP contribution in [0.2, 0.25) is 0 Å². The van der Waals surface area contributed by atoms with E-state index in [1.54, 1.807) is 0 Å². The van der Waals surface area contributed by atoms with Gasteiger partial charge in [-0.1, -0.05) is 18.3 Å². The quantitative estimate of drug-likeness (QED) is 0.828. The molecule has 2 heterocycles. The van der Waals surface area contributed by atoms with E-state index in [9.17, 15) is 13.2 Å². The highest BCUT2D eigenvalue weighted by Crippen LogP contribution is 2.23. The molecule has 0 radical (unpaired) electrons. The molecule has 1 amide bonds. The predicted octanol–water partition coefficient (Wildman–Crippen LogP) is 0.295. The number of sulfonamides is 1. The number of nitrogens with zero attached hydrogens (tertiary/aromatic N) is 4. The van der Waals surface area contributed by atoms with Gasteiger partial charge in [0, 0.05) is 13.2 Å². The first-order valence-corrected chi connectivity index (χ1v) is 8.22. The van der Waals surface area contributed by atoms with Crippen molar-refractivity contribution in [3.8, 4) is 0 Å². The Hall–Kier alpha value is -1.85. The minimum atomic E-state index is -3.98. The van der Waals surface area contributed by atoms with Crippen molar-refractivity contribution < 1.29 is 13.2 Å². The minimum Gasteiger partial charge on any atom is -0.303 e. The van der Waals surface area contributed by atoms with E-state index in [1.807, 2.05) is 13.8 Å². The molecule has 9 nitrogen and oxygen atoms in total. The molecule has 0 aliphatic rings. The molecule has 21 heavy (non-hydrogen) atoms. The van der Waals surface area contributed by atoms with Gasteiger partial charge < -0.3 is 5.32 Å². The van der Waals surface area contributed by atoms with E-state index in [0.717, 1.165) is 11.5 Å². The van der Waals surface area contributed by atoms with Gasteiger partial charge in [-0.2, -0.15) is 5.10 Å². The molecule has 2 aromatic heterocycles. The summed E-state index contributed by atoms with van der Waals surface area (Å²) in [6.45, 7) is 3.76. The van der Waals surface area contributed by atoms with E-state index < -0.39 is 15.9 Å². The summed E-state index contributed by atoms with van der Waals surface area (Å²) in [4.78, 5) is 12.3. The number of nitrogens with two attached hydrogens (primary N) is 1. The Balaban J connectivity index is 2.35. The molecule has 0 saturated heterocycles. The summed E-state index contributed by atoms with van der Waals surface area (Å²) in [7, 11) is -2.45. The molecule has 114 valence electrons. The maximum atomic E-state index is 12.2. The summed E-state index contributed by atoms with van der Waals surface area (Å²) in [6.07, 6.45) is 1.22. The molecular formula is C10H14N6O3S2. The summed E-state index contributed by atoms with van der Waals surface area (Å²) >= 11 is 0.937. The van der Waals surface area contributed by atoms with Gasteiger partial charge in [0.05, 0.1) is 5.69 Å². The number of hydrogen-bond donors (Lipinski definition) is 2. The Bertz CT molecular complexity index is 777. The van der Waals surface area contributed by atoms with Crippen LogP contribution in [0.5, 0.6) is 0 Å². The highest BCUT2D eigenvalue weighted by Gasteiger charge is 2.24. The number of nitrogens with one attached hydrogen (secondary N) is 1. The maximum Gasteiger partial charge on any atom is 0.270 e. The van der Waals surface area contributed by atoms with Crippen LogP contribution in [0.1, 0.15) is 35.1 Å². The van der Waals surface area contributed by atoms with Crippen LogP contribution in [-0.2, 0) is 17.1 Å². The second-order valence-corrected chi connectivity index (χ2v) is 6.94. The van der Waals surface area contributed by atoms with E-state index in [-0.39, 0.29) is 16.6 Å². The molecule has 2 aromatic rings. The Labute approximate surface area is 125 Å². The lowest BCUT2D eigenvalue weighted by molar-refractivity contribution is 0.102. The number of anilines is 1. The predicted molar refractivity (Wildman–Crippen MR) is 76.5 cm³/mol. The van der Waals surface area contributed by atoms with Crippen molar-refractivity contribution >= 4 is 33.3 Å². The lowest BCUT2D eigenvalue weighted by Gasteiger charge is -2.05. The number of carbonyl (C=O) groups excluding carboxylic acids is 1. The Kier molecular flexibility index (Phi) is 4.07. The molecule has 0 atom stereocenters. The van der Waals surface area contributed by atoms with Gasteiger partial charge in [0.15, 0.2) is 5.82 Å². The van der Waals surface area contributed by atoms with Crippen molar-refractivity contribution in [3.05, 3.63) is 16.8 Å². The average Bonchev–Trinajstić information content (AvgIpc) is 2.94. The SMILES string of the molecule is CC(C)c1nnsc1C(=O)Nc1nn(C)cc1S(N)(=O)=O. The first-order valence-electron chi connectivity index (χ1n) is 5.90. The van der Waals surface area contributed by atoms with Gasteiger partial charge in [-0.15, -0.1) is 5.10 Å². The molecule has 0 spiro atoms. The Morgan fingerprint density at radius 1 is 1.48 bits per heavy atom. The van der Waals surface area contributed by atoms with Crippen molar-refractivity contribution in [2.45, 2.75) is 24.7 Å². The number of carbonyl (C=O) groups is 1. The number of amides is 1. The van der Waals surface area contributed by atoms with Crippen molar-refractivity contribution in [2.24, 2.45) is 12.2 Å². The van der Waals surface area contributed by atoms with Gasteiger partial charge in [-0.3, -0.25) is 9.48 Å². The molecule has 0 bridgehead atoms. The largest absolute Gasteiger partial charge is 0.303 e. The van der Waals surface area contributed by atoms with Crippen LogP contribution in [0.4, 0.5) is 5.82 Å². The minimum absolute atomic E-state index is 0.0194. The zero-order valence-corrected chi connectivity index (χ0v) is 13.2. The topological polar surface area (TPSA) is 133 Å². The summed E-state index contributed by atoms with van der Waals surface area (Å²) in [5.74, 6) is -0.614. The summed E-state index contributed by atoms with van der Waals surface area (Å²) < 4.78 is 27.9. The van der Waals surface area contributed by atoms with Gasteiger partial charge in [0.1, 0.15) is 9.77 Å². The number of primary sulfonamides is 1. The highest BCUT2D eigenvalue weighted by atomic mass is 32.2. The van der Waals surface area contributed by atoms with Crippen molar-refractivity contribution in [1.82, 2.24) is 19.4 Å². The van der Waals surface area contributed by atoms with Crippen molar-refractivity contribution in [2.75, 3.05) is 5.32 Å². The zero-order chi connectivity index (χ0) is 15.8. The van der Waals surface area contributed by atoms with Gasteiger partial charge in [0.25, 0.3) is 5.91 Å². The van der Waals surface area contributed by atoms with Crippen LogP contribution in [-0.4, -0.2) is 33.7 Å². The number of aryl methyl sites for hydroxylation is 1. The highest BCUT2D eigenvalue weighted by molar-refractivity contribution is 7.89. The van der Waals surface area contributed by atoms with Gasteiger partial charge >= 0.3 is 0 Å². The first-order chi connectivity index (χ1) is 9.70. The molecule has 2 rings (SSSR count). The Morgan fingerprint density at radius 2 is 2.14 bits per heavy atom. The van der Waals surface area contributed by atoms with Crippen LogP contribution in [0.3, 0.4) is 0 Å². The lowest BCUT2D eigenvalue weighted by atomic mass is 10.1. The summed E-state index contributed by atoms with van der Waals surface area (Å²) in [5, 5.41) is 15.3. The zero-order valence-electron chi connectivity index (χ0n) is 11.6. The third kappa shape index (κ3) is 3.25. The monoisotopic (exact) mass is 330 g/mol. The van der Waals surface area contributed by atoms with Gasteiger partial charge in [-0.25, -0.2) is 13.6 Å². The normalized spacial score (nSPS) is 11.9. The van der Waals surface area contributed by atoms with Crippen LogP contribution in [0.15, 0.2) is 11.1 Å². The fraction of sp³-hybridized carbons (Fsp3) is 0.400. The molecule has 0 aliphatic carbocycles. The van der Waals surface area contributed by atoms with Gasteiger partial charge in [-0.05, 0) is 17.5 Å². The van der Waals surface area contributed by atoms with Crippen LogP contribution >= 0.6 is 11.5 Å². The van der Waals surface area contributed by atoms with Crippen LogP contribution in [0.25, 0.3) is 0 Å². The summed E-state index contributed by atoms with van der Waals surface area (Å²) in [6, 6.07) is 0. The van der Waals surface area contributed by atoms with Crippen LogP contribution < -0.4 is 10.5 Å². The first kappa shape index (κ1) is 15.5. The number of aromatic nitrogens is 4. The second kappa shape index (κ2) is 5.50. The van der Waals surface area contributed by atoms with Crippen molar-refractivity contribution in [1.29, 1.82) is 0 Å². The lowest BCUT2D eigenvalue weighted by Crippen LogP contribution is -2.18. The van der Waals surface area contributed by atoms with E-state index >= 15 is 0 Å².